The summed E-state index contributed by atoms with van der Waals surface area (Å²) in [6.07, 6.45) is 0. The van der Waals surface area contributed by atoms with Crippen molar-refractivity contribution in [1.29, 1.82) is 0 Å². The van der Waals surface area contributed by atoms with E-state index >= 15 is 0 Å². The van der Waals surface area contributed by atoms with Gasteiger partial charge in [0.1, 0.15) is 0 Å². The third-order valence-electron chi connectivity index (χ3n) is 11.5. The van der Waals surface area contributed by atoms with Crippen molar-refractivity contribution >= 4 is 117 Å². The van der Waals surface area contributed by atoms with Crippen LogP contribution >= 0.6 is 22.7 Å². The Labute approximate surface area is 322 Å². The first-order valence-corrected chi connectivity index (χ1v) is 20.2. The Kier molecular flexibility index (Phi) is 5.93. The van der Waals surface area contributed by atoms with Crippen LogP contribution in [0, 0.1) is 0 Å². The lowest BCUT2D eigenvalue weighted by atomic mass is 9.96. The molecule has 0 saturated carbocycles. The fourth-order valence-electron chi connectivity index (χ4n) is 9.17. The number of hydrogen-bond donors (Lipinski definition) is 0. The van der Waals surface area contributed by atoms with E-state index in [0.29, 0.717) is 0 Å². The van der Waals surface area contributed by atoms with Crippen LogP contribution in [0.2, 0.25) is 0 Å². The smallest absolute Gasteiger partial charge is 0.0979 e. The lowest BCUT2D eigenvalue weighted by Gasteiger charge is -2.17. The van der Waals surface area contributed by atoms with E-state index in [0.717, 1.165) is 44.6 Å². The SMILES string of the molecule is c1ccc2nc(-c3ccc(-n4c5ccc6cccc7sc8cccc9ccc4c(c98)c5c67)c4ccccc34)c(-c3ccc4c(c3)sc3ccccc34)nc2c1. The molecule has 3 nitrogen and oxygen atoms in total. The van der Waals surface area contributed by atoms with Crippen molar-refractivity contribution in [2.75, 3.05) is 0 Å². The highest BCUT2D eigenvalue weighted by atomic mass is 32.1. The van der Waals surface area contributed by atoms with Crippen LogP contribution in [0.5, 0.6) is 0 Å². The molecule has 0 aliphatic rings. The Morgan fingerprint density at radius 3 is 1.69 bits per heavy atom. The highest BCUT2D eigenvalue weighted by Crippen LogP contribution is 2.48. The minimum absolute atomic E-state index is 0.887. The number of hydrogen-bond acceptors (Lipinski definition) is 4. The van der Waals surface area contributed by atoms with Crippen LogP contribution in [-0.4, -0.2) is 14.5 Å². The van der Waals surface area contributed by atoms with E-state index in [1.165, 1.54) is 78.3 Å². The number of thiophene rings is 1. The molecule has 5 heteroatoms. The van der Waals surface area contributed by atoms with Gasteiger partial charge in [-0.15, -0.1) is 22.7 Å². The molecule has 0 spiro atoms. The van der Waals surface area contributed by atoms with E-state index in [1.54, 1.807) is 0 Å². The molecule has 0 bridgehead atoms. The second-order valence-corrected chi connectivity index (χ2v) is 16.6. The van der Waals surface area contributed by atoms with Crippen molar-refractivity contribution in [2.24, 2.45) is 0 Å². The Morgan fingerprint density at radius 2 is 0.964 bits per heavy atom. The summed E-state index contributed by atoms with van der Waals surface area (Å²) in [6, 6.07) is 59.8. The predicted octanol–water partition coefficient (Wildman–Crippen LogP) is 14.5. The molecule has 13 aromatic rings. The van der Waals surface area contributed by atoms with Crippen LogP contribution in [0.3, 0.4) is 0 Å². The van der Waals surface area contributed by atoms with Gasteiger partial charge in [-0.05, 0) is 76.8 Å². The molecule has 55 heavy (non-hydrogen) atoms. The quantitative estimate of drug-likeness (QED) is 0.181. The highest BCUT2D eigenvalue weighted by Gasteiger charge is 2.23. The minimum atomic E-state index is 0.887. The van der Waals surface area contributed by atoms with Crippen molar-refractivity contribution in [3.05, 3.63) is 164 Å². The van der Waals surface area contributed by atoms with Crippen LogP contribution in [0.1, 0.15) is 0 Å². The first kappa shape index (κ1) is 29.8. The zero-order chi connectivity index (χ0) is 35.8. The van der Waals surface area contributed by atoms with E-state index in [1.807, 2.05) is 34.8 Å². The zero-order valence-corrected chi connectivity index (χ0v) is 30.9. The molecule has 13 rings (SSSR count). The third kappa shape index (κ3) is 4.09. The molecule has 254 valence electrons. The van der Waals surface area contributed by atoms with Gasteiger partial charge in [-0.2, -0.15) is 0 Å². The maximum absolute atomic E-state index is 5.40. The molecule has 4 aromatic heterocycles. The van der Waals surface area contributed by atoms with E-state index in [9.17, 15) is 0 Å². The van der Waals surface area contributed by atoms with Crippen LogP contribution in [0.25, 0.3) is 123 Å². The molecule has 0 N–H and O–H groups in total. The molecule has 4 heterocycles. The normalized spacial score (nSPS) is 12.4. The average molecular weight is 734 g/mol. The largest absolute Gasteiger partial charge is 0.309 e. The molecule has 0 fully saturated rings. The lowest BCUT2D eigenvalue weighted by molar-refractivity contribution is 1.20. The van der Waals surface area contributed by atoms with Gasteiger partial charge in [-0.25, -0.2) is 9.97 Å². The fourth-order valence-corrected chi connectivity index (χ4v) is 11.5. The van der Waals surface area contributed by atoms with Crippen LogP contribution in [-0.2, 0) is 0 Å². The molecule has 0 radical (unpaired) electrons. The predicted molar refractivity (Wildman–Crippen MR) is 237 cm³/mol. The van der Waals surface area contributed by atoms with Crippen LogP contribution in [0.4, 0.5) is 0 Å². The summed E-state index contributed by atoms with van der Waals surface area (Å²) >= 11 is 3.73. The number of rotatable bonds is 3. The number of aromatic nitrogens is 3. The Morgan fingerprint density at radius 1 is 0.382 bits per heavy atom. The summed E-state index contributed by atoms with van der Waals surface area (Å²) in [5.74, 6) is 0. The van der Waals surface area contributed by atoms with Gasteiger partial charge in [-0.1, -0.05) is 103 Å². The van der Waals surface area contributed by atoms with Gasteiger partial charge < -0.3 is 4.57 Å². The number of fused-ring (bicyclic) bond motifs is 5. The monoisotopic (exact) mass is 733 g/mol. The minimum Gasteiger partial charge on any atom is -0.309 e. The Balaban J connectivity index is 1.11. The maximum atomic E-state index is 5.40. The molecule has 0 saturated heterocycles. The molecule has 0 aliphatic carbocycles. The van der Waals surface area contributed by atoms with Gasteiger partial charge in [0, 0.05) is 67.6 Å². The fraction of sp³-hybridized carbons (Fsp3) is 0. The lowest BCUT2D eigenvalue weighted by Crippen LogP contribution is -1.99. The summed E-state index contributed by atoms with van der Waals surface area (Å²) in [5.41, 5.74) is 9.30. The van der Waals surface area contributed by atoms with Gasteiger partial charge >= 0.3 is 0 Å². The van der Waals surface area contributed by atoms with E-state index in [-0.39, 0.29) is 0 Å². The summed E-state index contributed by atoms with van der Waals surface area (Å²) in [4.78, 5) is 10.8. The van der Waals surface area contributed by atoms with Gasteiger partial charge in [0.15, 0.2) is 0 Å². The first-order valence-electron chi connectivity index (χ1n) is 18.6. The van der Waals surface area contributed by atoms with Gasteiger partial charge in [0.05, 0.1) is 39.1 Å². The summed E-state index contributed by atoms with van der Waals surface area (Å²) < 4.78 is 7.67. The van der Waals surface area contributed by atoms with Crippen molar-refractivity contribution in [2.45, 2.75) is 0 Å². The number of para-hydroxylation sites is 2. The van der Waals surface area contributed by atoms with Crippen molar-refractivity contribution in [3.63, 3.8) is 0 Å². The number of nitrogens with zero attached hydrogens (tertiary/aromatic N) is 3. The number of benzene rings is 9. The van der Waals surface area contributed by atoms with Crippen LogP contribution < -0.4 is 0 Å². The van der Waals surface area contributed by atoms with Crippen LogP contribution in [0.15, 0.2) is 164 Å². The van der Waals surface area contributed by atoms with Gasteiger partial charge in [-0.3, -0.25) is 0 Å². The van der Waals surface area contributed by atoms with Crippen molar-refractivity contribution in [3.8, 4) is 28.2 Å². The summed E-state index contributed by atoms with van der Waals surface area (Å²) in [7, 11) is 0. The van der Waals surface area contributed by atoms with E-state index in [4.69, 9.17) is 9.97 Å². The van der Waals surface area contributed by atoms with E-state index < -0.39 is 0 Å². The Hall–Kier alpha value is -6.66. The molecule has 0 atom stereocenters. The average Bonchev–Trinajstić information content (AvgIpc) is 3.73. The summed E-state index contributed by atoms with van der Waals surface area (Å²) in [5, 5.41) is 12.8. The summed E-state index contributed by atoms with van der Waals surface area (Å²) in [6.45, 7) is 0. The molecule has 0 aliphatic heterocycles. The van der Waals surface area contributed by atoms with Crippen molar-refractivity contribution in [1.82, 2.24) is 14.5 Å². The molecule has 0 amide bonds. The third-order valence-corrected chi connectivity index (χ3v) is 13.8. The van der Waals surface area contributed by atoms with Gasteiger partial charge in [0.2, 0.25) is 0 Å². The zero-order valence-electron chi connectivity index (χ0n) is 29.2. The topological polar surface area (TPSA) is 30.7 Å². The van der Waals surface area contributed by atoms with Gasteiger partial charge in [0.25, 0.3) is 0 Å². The molecule has 9 aromatic carbocycles. The Bertz CT molecular complexity index is 3630. The second kappa shape index (κ2) is 11.0. The maximum Gasteiger partial charge on any atom is 0.0979 e. The molecular weight excluding hydrogens is 707 g/mol. The highest BCUT2D eigenvalue weighted by molar-refractivity contribution is 7.26. The first-order chi connectivity index (χ1) is 27.3. The molecular formula is C50H27N3S2. The second-order valence-electron chi connectivity index (χ2n) is 14.5. The standard InChI is InChI=1S/C50H27N3S2/c1-2-12-32-31(11-1)35(50-49(51-36-14-4-5-15-37(36)52-50)30-19-22-34-33-13-3-6-16-41(33)54-44(34)27-30)23-26-38(32)53-39-24-20-28-9-7-17-42-45(28)47(39)48-40(53)25-21-29-10-8-18-43(55-42)46(29)48/h1-27H. The van der Waals surface area contributed by atoms with E-state index in [2.05, 4.69) is 156 Å². The molecule has 0 unspecified atom stereocenters. The van der Waals surface area contributed by atoms with Crippen molar-refractivity contribution < 1.29 is 0 Å².